The number of benzene rings is 1. The van der Waals surface area contributed by atoms with Crippen molar-refractivity contribution in [1.82, 2.24) is 9.97 Å². The largest absolute Gasteiger partial charge is 0.330 e. The molecule has 184 valence electrons. The average molecular weight is 590 g/mol. The molecule has 5 nitrogen and oxygen atoms in total. The Bertz CT molecular complexity index is 1230. The first-order valence-corrected chi connectivity index (χ1v) is 14.2. The van der Waals surface area contributed by atoms with E-state index in [0.29, 0.717) is 34.1 Å². The third-order valence-electron chi connectivity index (χ3n) is 6.23. The average Bonchev–Trinajstić information content (AvgIpc) is 2.85. The summed E-state index contributed by atoms with van der Waals surface area (Å²) in [5, 5.41) is 2.91. The van der Waals surface area contributed by atoms with Crippen LogP contribution in [-0.4, -0.2) is 26.4 Å². The van der Waals surface area contributed by atoms with E-state index in [1.165, 1.54) is 24.6 Å². The highest BCUT2D eigenvalue weighted by atomic mass is 127. The van der Waals surface area contributed by atoms with E-state index in [4.69, 9.17) is 5.73 Å². The molecule has 3 N–H and O–H groups in total. The molecule has 1 saturated carbocycles. The van der Waals surface area contributed by atoms with Gasteiger partial charge in [0.25, 0.3) is 5.91 Å². The zero-order valence-electron chi connectivity index (χ0n) is 19.6. The van der Waals surface area contributed by atoms with Crippen LogP contribution in [0.2, 0.25) is 0 Å². The smallest absolute Gasteiger partial charge is 0.274 e. The summed E-state index contributed by atoms with van der Waals surface area (Å²) < 4.78 is 32.4. The molecular formula is C27H29F2IN4O. The molecule has 1 amide bonds. The summed E-state index contributed by atoms with van der Waals surface area (Å²) in [5.41, 5.74) is 7.24. The van der Waals surface area contributed by atoms with E-state index in [9.17, 15) is 13.6 Å². The number of aromatic nitrogens is 2. The fourth-order valence-electron chi connectivity index (χ4n) is 4.53. The van der Waals surface area contributed by atoms with Gasteiger partial charge in [-0.15, -0.1) is 0 Å². The van der Waals surface area contributed by atoms with E-state index in [2.05, 4.69) is 22.2 Å². The number of hydrogen-bond acceptors (Lipinski definition) is 4. The van der Waals surface area contributed by atoms with Crippen LogP contribution >= 0.6 is 20.7 Å². The van der Waals surface area contributed by atoms with Gasteiger partial charge in [-0.25, -0.2) is 13.8 Å². The molecule has 1 fully saturated rings. The van der Waals surface area contributed by atoms with E-state index in [1.807, 2.05) is 10.1 Å². The van der Waals surface area contributed by atoms with E-state index in [-0.39, 0.29) is 17.0 Å². The Kier molecular flexibility index (Phi) is 8.67. The van der Waals surface area contributed by atoms with Crippen molar-refractivity contribution in [2.75, 3.05) is 11.9 Å². The monoisotopic (exact) mass is 590 g/mol. The number of nitrogens with one attached hydrogen (secondary N) is 1. The molecule has 0 aliphatic heterocycles. The summed E-state index contributed by atoms with van der Waals surface area (Å²) in [6.07, 6.45) is 8.58. The van der Waals surface area contributed by atoms with E-state index < -0.39 is 38.3 Å². The molecule has 2 atom stereocenters. The van der Waals surface area contributed by atoms with Gasteiger partial charge in [-0.2, -0.15) is 0 Å². The highest BCUT2D eigenvalue weighted by molar-refractivity contribution is 14.2. The van der Waals surface area contributed by atoms with Crippen LogP contribution in [0.5, 0.6) is 0 Å². The molecule has 1 aliphatic carbocycles. The van der Waals surface area contributed by atoms with Crippen LogP contribution in [-0.2, 0) is 0 Å². The number of halogens is 3. The SMILES string of the molecule is C[C@@H]1CCC[C@H](c2ccncc2NC(=O)c2ccc(F)c(-c3c(F)cccc3I=CCCN)n2)C1. The molecular weight excluding hydrogens is 561 g/mol. The lowest BCUT2D eigenvalue weighted by Gasteiger charge is -2.28. The van der Waals surface area contributed by atoms with E-state index >= 15 is 0 Å². The number of amides is 1. The minimum atomic E-state index is -0.700. The van der Waals surface area contributed by atoms with Crippen molar-refractivity contribution in [2.45, 2.75) is 44.9 Å². The number of pyridine rings is 2. The quantitative estimate of drug-likeness (QED) is 0.319. The Morgan fingerprint density at radius 2 is 2.06 bits per heavy atom. The van der Waals surface area contributed by atoms with Crippen molar-refractivity contribution >= 4 is 36.3 Å². The summed E-state index contributed by atoms with van der Waals surface area (Å²) in [7, 11) is 0. The number of anilines is 1. The molecule has 0 radical (unpaired) electrons. The lowest BCUT2D eigenvalue weighted by atomic mass is 9.78. The lowest BCUT2D eigenvalue weighted by molar-refractivity contribution is 0.102. The highest BCUT2D eigenvalue weighted by Gasteiger charge is 2.24. The highest BCUT2D eigenvalue weighted by Crippen LogP contribution is 2.39. The van der Waals surface area contributed by atoms with Crippen LogP contribution in [0.4, 0.5) is 14.5 Å². The summed E-state index contributed by atoms with van der Waals surface area (Å²) in [5.74, 6) is -0.732. The maximum atomic E-state index is 14.9. The van der Waals surface area contributed by atoms with Gasteiger partial charge in [0.1, 0.15) is 23.0 Å². The minimum Gasteiger partial charge on any atom is -0.330 e. The van der Waals surface area contributed by atoms with Crippen LogP contribution in [0.15, 0.2) is 48.8 Å². The van der Waals surface area contributed by atoms with Crippen molar-refractivity contribution in [3.05, 3.63) is 75.3 Å². The molecule has 2 heterocycles. The number of hydrogen-bond donors (Lipinski definition) is 2. The Balaban J connectivity index is 1.65. The second-order valence-corrected chi connectivity index (χ2v) is 11.5. The molecule has 2 aromatic heterocycles. The molecule has 0 saturated heterocycles. The van der Waals surface area contributed by atoms with Gasteiger partial charge < -0.3 is 11.1 Å². The molecule has 8 heteroatoms. The number of carbonyl (C=O) groups excluding carboxylic acids is 1. The zero-order valence-corrected chi connectivity index (χ0v) is 21.8. The van der Waals surface area contributed by atoms with Crippen molar-refractivity contribution in [3.63, 3.8) is 0 Å². The molecule has 0 bridgehead atoms. The molecule has 1 aliphatic rings. The van der Waals surface area contributed by atoms with Crippen LogP contribution in [0.1, 0.15) is 61.0 Å². The van der Waals surface area contributed by atoms with Gasteiger partial charge in [0.2, 0.25) is 0 Å². The topological polar surface area (TPSA) is 80.9 Å². The van der Waals surface area contributed by atoms with Gasteiger partial charge in [-0.1, -0.05) is 46.6 Å². The van der Waals surface area contributed by atoms with Crippen LogP contribution < -0.4 is 11.1 Å². The first-order chi connectivity index (χ1) is 17.0. The normalized spacial score (nSPS) is 18.3. The van der Waals surface area contributed by atoms with Crippen molar-refractivity contribution in [2.24, 2.45) is 11.7 Å². The Morgan fingerprint density at radius 1 is 1.20 bits per heavy atom. The fraction of sp³-hybridized carbons (Fsp3) is 0.333. The molecule has 35 heavy (non-hydrogen) atoms. The number of nitrogens with two attached hydrogens (primary N) is 1. The molecule has 4 rings (SSSR count). The third kappa shape index (κ3) is 6.16. The van der Waals surface area contributed by atoms with Crippen molar-refractivity contribution < 1.29 is 13.6 Å². The standard InChI is InChI=1S/C27H29F2IN4O/c1-17-5-2-6-18(15-17)19-11-14-32-16-24(19)34-27(35)23-10-9-21(29)26(33-23)25-20(28)7-3-8-22(25)30-12-4-13-31/h3,7-12,14,16-18H,2,4-6,13,15,31H2,1H3,(H,34,35)/t17-,18+/m1/s1. The van der Waals surface area contributed by atoms with Crippen LogP contribution in [0, 0.1) is 21.1 Å². The van der Waals surface area contributed by atoms with Gasteiger partial charge >= 0.3 is 0 Å². The zero-order chi connectivity index (χ0) is 24.8. The fourth-order valence-corrected chi connectivity index (χ4v) is 6.91. The molecule has 0 spiro atoms. The predicted octanol–water partition coefficient (Wildman–Crippen LogP) is 6.26. The minimum absolute atomic E-state index is 0.0200. The predicted molar refractivity (Wildman–Crippen MR) is 145 cm³/mol. The maximum Gasteiger partial charge on any atom is 0.274 e. The maximum absolute atomic E-state index is 14.9. The Morgan fingerprint density at radius 3 is 2.86 bits per heavy atom. The van der Waals surface area contributed by atoms with E-state index in [0.717, 1.165) is 24.8 Å². The number of nitrogens with zero attached hydrogens (tertiary/aromatic N) is 2. The first-order valence-electron chi connectivity index (χ1n) is 11.8. The molecule has 1 aromatic carbocycles. The third-order valence-corrected chi connectivity index (χ3v) is 8.86. The number of rotatable bonds is 7. The van der Waals surface area contributed by atoms with Gasteiger partial charge in [-0.3, -0.25) is 9.78 Å². The summed E-state index contributed by atoms with van der Waals surface area (Å²) in [6, 6.07) is 9.11. The number of carbonyl (C=O) groups is 1. The summed E-state index contributed by atoms with van der Waals surface area (Å²) in [6.45, 7) is 2.76. The molecule has 0 unspecified atom stereocenters. The van der Waals surface area contributed by atoms with Crippen LogP contribution in [0.25, 0.3) is 11.3 Å². The Hall–Kier alpha value is -2.59. The molecule has 3 aromatic rings. The van der Waals surface area contributed by atoms with Gasteiger partial charge in [0.05, 0.1) is 17.4 Å². The second kappa shape index (κ2) is 11.9. The summed E-state index contributed by atoms with van der Waals surface area (Å²) in [4.78, 5) is 21.6. The lowest BCUT2D eigenvalue weighted by Crippen LogP contribution is -2.18. The van der Waals surface area contributed by atoms with Crippen molar-refractivity contribution in [1.29, 1.82) is 0 Å². The van der Waals surface area contributed by atoms with Gasteiger partial charge in [0, 0.05) is 9.77 Å². The van der Waals surface area contributed by atoms with Crippen molar-refractivity contribution in [3.8, 4) is 11.3 Å². The van der Waals surface area contributed by atoms with Gasteiger partial charge in [-0.05, 0) is 77.6 Å². The van der Waals surface area contributed by atoms with Gasteiger partial charge in [0.15, 0.2) is 0 Å². The van der Waals surface area contributed by atoms with Crippen LogP contribution in [0.3, 0.4) is 0 Å². The first kappa shape index (κ1) is 25.5. The second-order valence-electron chi connectivity index (χ2n) is 8.85. The van der Waals surface area contributed by atoms with E-state index in [1.54, 1.807) is 24.5 Å². The Labute approximate surface area is 214 Å². The summed E-state index contributed by atoms with van der Waals surface area (Å²) >= 11 is -0.700.